The van der Waals surface area contributed by atoms with Crippen molar-refractivity contribution in [1.29, 1.82) is 0 Å². The van der Waals surface area contributed by atoms with Gasteiger partial charge in [-0.05, 0) is 24.3 Å². The van der Waals surface area contributed by atoms with Gasteiger partial charge in [-0.1, -0.05) is 0 Å². The first-order valence-corrected chi connectivity index (χ1v) is 4.24. The van der Waals surface area contributed by atoms with Gasteiger partial charge in [-0.3, -0.25) is 0 Å². The van der Waals surface area contributed by atoms with Gasteiger partial charge in [-0.25, -0.2) is 8.78 Å². The van der Waals surface area contributed by atoms with Crippen LogP contribution in [0, 0.1) is 0 Å². The molecule has 0 spiro atoms. The molecule has 1 aromatic carbocycles. The highest BCUT2D eigenvalue weighted by Gasteiger charge is 2.03. The van der Waals surface area contributed by atoms with Crippen LogP contribution in [0.1, 0.15) is 0 Å². The SMILES string of the molecule is FC(F)COc1ccc2[nH]ccc2c1. The summed E-state index contributed by atoms with van der Waals surface area (Å²) in [4.78, 5) is 3.01. The van der Waals surface area contributed by atoms with Crippen LogP contribution >= 0.6 is 0 Å². The lowest BCUT2D eigenvalue weighted by molar-refractivity contribution is 0.0820. The number of ether oxygens (including phenoxy) is 1. The Kier molecular flexibility index (Phi) is 2.35. The number of aromatic nitrogens is 1. The third kappa shape index (κ3) is 1.84. The van der Waals surface area contributed by atoms with Crippen LogP contribution in [-0.2, 0) is 0 Å². The maximum Gasteiger partial charge on any atom is 0.272 e. The number of alkyl halides is 2. The van der Waals surface area contributed by atoms with Crippen LogP contribution in [0.4, 0.5) is 8.78 Å². The fourth-order valence-corrected chi connectivity index (χ4v) is 1.28. The molecule has 1 N–H and O–H groups in total. The van der Waals surface area contributed by atoms with Crippen LogP contribution < -0.4 is 4.74 Å². The van der Waals surface area contributed by atoms with E-state index in [9.17, 15) is 8.78 Å². The van der Waals surface area contributed by atoms with Crippen molar-refractivity contribution < 1.29 is 13.5 Å². The molecule has 0 aliphatic heterocycles. The number of hydrogen-bond acceptors (Lipinski definition) is 1. The average Bonchev–Trinajstić information content (AvgIpc) is 2.61. The van der Waals surface area contributed by atoms with Crippen molar-refractivity contribution in [2.24, 2.45) is 0 Å². The topological polar surface area (TPSA) is 25.0 Å². The summed E-state index contributed by atoms with van der Waals surface area (Å²) in [7, 11) is 0. The molecule has 74 valence electrons. The summed E-state index contributed by atoms with van der Waals surface area (Å²) in [6.45, 7) is -0.560. The fourth-order valence-electron chi connectivity index (χ4n) is 1.28. The van der Waals surface area contributed by atoms with Crippen LogP contribution in [-0.4, -0.2) is 18.0 Å². The summed E-state index contributed by atoms with van der Waals surface area (Å²) in [5, 5.41) is 0.955. The third-order valence-corrected chi connectivity index (χ3v) is 1.90. The largest absolute Gasteiger partial charge is 0.488 e. The highest BCUT2D eigenvalue weighted by atomic mass is 19.3. The minimum atomic E-state index is -2.43. The van der Waals surface area contributed by atoms with E-state index in [4.69, 9.17) is 4.74 Å². The number of nitrogens with one attached hydrogen (secondary N) is 1. The van der Waals surface area contributed by atoms with Crippen LogP contribution in [0.5, 0.6) is 5.75 Å². The first-order chi connectivity index (χ1) is 6.75. The van der Waals surface area contributed by atoms with E-state index in [1.807, 2.05) is 6.07 Å². The summed E-state index contributed by atoms with van der Waals surface area (Å²) in [6.07, 6.45) is -0.640. The molecule has 0 amide bonds. The lowest BCUT2D eigenvalue weighted by Crippen LogP contribution is -2.06. The minimum Gasteiger partial charge on any atom is -0.488 e. The molecule has 14 heavy (non-hydrogen) atoms. The maximum absolute atomic E-state index is 11.8. The zero-order valence-corrected chi connectivity index (χ0v) is 7.34. The first-order valence-electron chi connectivity index (χ1n) is 4.24. The second kappa shape index (κ2) is 3.65. The van der Waals surface area contributed by atoms with Crippen molar-refractivity contribution in [1.82, 2.24) is 4.98 Å². The second-order valence-corrected chi connectivity index (χ2v) is 2.93. The molecule has 4 heteroatoms. The molecule has 0 atom stereocenters. The Bertz CT molecular complexity index is 425. The van der Waals surface area contributed by atoms with E-state index < -0.39 is 13.0 Å². The number of hydrogen-bond donors (Lipinski definition) is 1. The third-order valence-electron chi connectivity index (χ3n) is 1.90. The van der Waals surface area contributed by atoms with Crippen molar-refractivity contribution in [3.05, 3.63) is 30.5 Å². The zero-order chi connectivity index (χ0) is 9.97. The van der Waals surface area contributed by atoms with Crippen LogP contribution in [0.25, 0.3) is 10.9 Å². The Morgan fingerprint density at radius 2 is 2.14 bits per heavy atom. The van der Waals surface area contributed by atoms with E-state index in [0.29, 0.717) is 5.75 Å². The monoisotopic (exact) mass is 197 g/mol. The van der Waals surface area contributed by atoms with Gasteiger partial charge in [0, 0.05) is 17.1 Å². The quantitative estimate of drug-likeness (QED) is 0.804. The molecular weight excluding hydrogens is 188 g/mol. The molecule has 1 heterocycles. The smallest absolute Gasteiger partial charge is 0.272 e. The molecule has 1 aromatic heterocycles. The normalized spacial score (nSPS) is 11.1. The number of halogens is 2. The predicted octanol–water partition coefficient (Wildman–Crippen LogP) is 2.81. The van der Waals surface area contributed by atoms with Gasteiger partial charge in [-0.2, -0.15) is 0 Å². The highest BCUT2D eigenvalue weighted by molar-refractivity contribution is 5.80. The standard InChI is InChI=1S/C10H9F2NO/c11-10(12)6-14-8-1-2-9-7(5-8)3-4-13-9/h1-5,10,13H,6H2. The first kappa shape index (κ1) is 8.99. The summed E-state index contributed by atoms with van der Waals surface area (Å²) in [5.74, 6) is 0.470. The van der Waals surface area contributed by atoms with Gasteiger partial charge in [0.2, 0.25) is 0 Å². The summed E-state index contributed by atoms with van der Waals surface area (Å²) < 4.78 is 28.6. The molecule has 0 bridgehead atoms. The molecule has 2 nitrogen and oxygen atoms in total. The fraction of sp³-hybridized carbons (Fsp3) is 0.200. The van der Waals surface area contributed by atoms with E-state index >= 15 is 0 Å². The Morgan fingerprint density at radius 1 is 1.29 bits per heavy atom. The Balaban J connectivity index is 2.17. The van der Waals surface area contributed by atoms with E-state index in [1.165, 1.54) is 0 Å². The van der Waals surface area contributed by atoms with Crippen molar-refractivity contribution in [3.8, 4) is 5.75 Å². The van der Waals surface area contributed by atoms with E-state index in [-0.39, 0.29) is 0 Å². The van der Waals surface area contributed by atoms with Gasteiger partial charge in [0.05, 0.1) is 0 Å². The van der Waals surface area contributed by atoms with Crippen LogP contribution in [0.15, 0.2) is 30.5 Å². The number of aromatic amines is 1. The molecule has 0 unspecified atom stereocenters. The number of rotatable bonds is 3. The average molecular weight is 197 g/mol. The van der Waals surface area contributed by atoms with E-state index in [2.05, 4.69) is 4.98 Å². The lowest BCUT2D eigenvalue weighted by Gasteiger charge is -2.04. The van der Waals surface area contributed by atoms with E-state index in [1.54, 1.807) is 24.4 Å². The highest BCUT2D eigenvalue weighted by Crippen LogP contribution is 2.19. The van der Waals surface area contributed by atoms with Gasteiger partial charge in [0.1, 0.15) is 12.4 Å². The number of fused-ring (bicyclic) bond motifs is 1. The molecule has 2 aromatic rings. The Morgan fingerprint density at radius 3 is 2.93 bits per heavy atom. The van der Waals surface area contributed by atoms with Crippen LogP contribution in [0.3, 0.4) is 0 Å². The molecule has 0 fully saturated rings. The van der Waals surface area contributed by atoms with Gasteiger partial charge in [-0.15, -0.1) is 0 Å². The summed E-state index contributed by atoms with van der Waals surface area (Å²) in [6, 6.07) is 7.07. The number of benzene rings is 1. The maximum atomic E-state index is 11.8. The Labute approximate surface area is 79.5 Å². The Hall–Kier alpha value is -1.58. The van der Waals surface area contributed by atoms with Crippen molar-refractivity contribution in [2.45, 2.75) is 6.43 Å². The second-order valence-electron chi connectivity index (χ2n) is 2.93. The molecule has 0 aliphatic carbocycles. The minimum absolute atomic E-state index is 0.470. The van der Waals surface area contributed by atoms with Crippen molar-refractivity contribution in [3.63, 3.8) is 0 Å². The van der Waals surface area contributed by atoms with Crippen molar-refractivity contribution in [2.75, 3.05) is 6.61 Å². The summed E-state index contributed by atoms with van der Waals surface area (Å²) >= 11 is 0. The predicted molar refractivity (Wildman–Crippen MR) is 49.8 cm³/mol. The molecule has 0 radical (unpaired) electrons. The molecule has 2 rings (SSSR count). The number of H-pyrrole nitrogens is 1. The molecule has 0 saturated heterocycles. The molecule has 0 aliphatic rings. The van der Waals surface area contributed by atoms with Gasteiger partial charge >= 0.3 is 0 Å². The van der Waals surface area contributed by atoms with E-state index in [0.717, 1.165) is 10.9 Å². The van der Waals surface area contributed by atoms with Gasteiger partial charge < -0.3 is 9.72 Å². The van der Waals surface area contributed by atoms with Crippen LogP contribution in [0.2, 0.25) is 0 Å². The lowest BCUT2D eigenvalue weighted by atomic mass is 10.2. The summed E-state index contributed by atoms with van der Waals surface area (Å²) in [5.41, 5.74) is 0.967. The van der Waals surface area contributed by atoms with Gasteiger partial charge in [0.25, 0.3) is 6.43 Å². The molecular formula is C10H9F2NO. The zero-order valence-electron chi connectivity index (χ0n) is 7.34. The van der Waals surface area contributed by atoms with Gasteiger partial charge in [0.15, 0.2) is 0 Å². The van der Waals surface area contributed by atoms with Crippen molar-refractivity contribution >= 4 is 10.9 Å². The molecule has 0 saturated carbocycles.